The van der Waals surface area contributed by atoms with Gasteiger partial charge in [-0.2, -0.15) is 0 Å². The Hall–Kier alpha value is -1.49. The number of thiazole rings is 1. The average molecular weight is 206 g/mol. The first-order valence-electron chi connectivity index (χ1n) is 4.23. The Labute approximate surface area is 86.1 Å². The van der Waals surface area contributed by atoms with E-state index in [1.54, 1.807) is 17.5 Å². The van der Waals surface area contributed by atoms with Gasteiger partial charge in [-0.1, -0.05) is 11.3 Å². The predicted molar refractivity (Wildman–Crippen MR) is 57.4 cm³/mol. The molecule has 0 radical (unpaired) electrons. The summed E-state index contributed by atoms with van der Waals surface area (Å²) in [6, 6.07) is 1.89. The summed E-state index contributed by atoms with van der Waals surface area (Å²) in [5, 5.41) is 3.90. The molecule has 14 heavy (non-hydrogen) atoms. The van der Waals surface area contributed by atoms with Gasteiger partial charge < -0.3 is 5.32 Å². The van der Waals surface area contributed by atoms with E-state index in [9.17, 15) is 0 Å². The van der Waals surface area contributed by atoms with Gasteiger partial charge in [0.25, 0.3) is 0 Å². The molecule has 2 aromatic heterocycles. The average Bonchev–Trinajstić information content (AvgIpc) is 2.66. The smallest absolute Gasteiger partial charge is 0.182 e. The van der Waals surface area contributed by atoms with Crippen LogP contribution in [0, 0.1) is 6.92 Å². The molecule has 0 aromatic carbocycles. The fourth-order valence-corrected chi connectivity index (χ4v) is 1.84. The van der Waals surface area contributed by atoms with Crippen LogP contribution >= 0.6 is 11.3 Å². The summed E-state index contributed by atoms with van der Waals surface area (Å²) in [7, 11) is 1.86. The van der Waals surface area contributed by atoms with Gasteiger partial charge in [-0.05, 0) is 13.0 Å². The third-order valence-electron chi connectivity index (χ3n) is 1.75. The minimum atomic E-state index is 0.780. The van der Waals surface area contributed by atoms with E-state index in [0.717, 1.165) is 21.5 Å². The van der Waals surface area contributed by atoms with Gasteiger partial charge in [0.05, 0.1) is 10.6 Å². The van der Waals surface area contributed by atoms with Crippen LogP contribution < -0.4 is 5.32 Å². The maximum Gasteiger partial charge on any atom is 0.182 e. The molecule has 0 unspecified atom stereocenters. The zero-order chi connectivity index (χ0) is 9.97. The van der Waals surface area contributed by atoms with Gasteiger partial charge in [0.1, 0.15) is 5.82 Å². The number of nitrogens with zero attached hydrogens (tertiary/aromatic N) is 3. The van der Waals surface area contributed by atoms with E-state index in [0.29, 0.717) is 0 Å². The van der Waals surface area contributed by atoms with Crippen molar-refractivity contribution in [1.29, 1.82) is 0 Å². The van der Waals surface area contributed by atoms with Crippen molar-refractivity contribution in [2.45, 2.75) is 6.92 Å². The van der Waals surface area contributed by atoms with Gasteiger partial charge in [0, 0.05) is 19.4 Å². The minimum Gasteiger partial charge on any atom is -0.365 e. The number of nitrogens with one attached hydrogen (secondary N) is 1. The summed E-state index contributed by atoms with van der Waals surface area (Å²) in [6.45, 7) is 1.88. The normalized spacial score (nSPS) is 10.1. The molecule has 1 N–H and O–H groups in total. The van der Waals surface area contributed by atoms with Crippen LogP contribution in [-0.2, 0) is 0 Å². The molecular weight excluding hydrogens is 196 g/mol. The van der Waals surface area contributed by atoms with E-state index in [1.807, 2.05) is 26.2 Å². The molecule has 0 saturated heterocycles. The Morgan fingerprint density at radius 2 is 2.21 bits per heavy atom. The summed E-state index contributed by atoms with van der Waals surface area (Å²) in [5.41, 5.74) is 0.927. The number of anilines is 1. The lowest BCUT2D eigenvalue weighted by atomic mass is 10.3. The first-order valence-corrected chi connectivity index (χ1v) is 5.05. The molecule has 5 heteroatoms. The topological polar surface area (TPSA) is 50.7 Å². The molecule has 2 heterocycles. The highest BCUT2D eigenvalue weighted by Crippen LogP contribution is 2.26. The van der Waals surface area contributed by atoms with Crippen LogP contribution in [0.5, 0.6) is 0 Å². The van der Waals surface area contributed by atoms with Crippen molar-refractivity contribution in [2.24, 2.45) is 0 Å². The van der Waals surface area contributed by atoms with Gasteiger partial charge in [-0.25, -0.2) is 15.0 Å². The second kappa shape index (κ2) is 3.71. The highest BCUT2D eigenvalue weighted by molar-refractivity contribution is 7.18. The quantitative estimate of drug-likeness (QED) is 0.816. The number of rotatable bonds is 2. The lowest BCUT2D eigenvalue weighted by Gasteiger charge is -1.95. The molecule has 0 aliphatic heterocycles. The fourth-order valence-electron chi connectivity index (χ4n) is 1.10. The third kappa shape index (κ3) is 1.72. The Morgan fingerprint density at radius 3 is 2.86 bits per heavy atom. The van der Waals surface area contributed by atoms with E-state index in [1.165, 1.54) is 0 Å². The van der Waals surface area contributed by atoms with Crippen molar-refractivity contribution >= 4 is 16.5 Å². The maximum absolute atomic E-state index is 4.32. The molecule has 2 aromatic rings. The predicted octanol–water partition coefficient (Wildman–Crippen LogP) is 1.95. The number of hydrogen-bond donors (Lipinski definition) is 1. The van der Waals surface area contributed by atoms with E-state index in [-0.39, 0.29) is 0 Å². The maximum atomic E-state index is 4.32. The van der Waals surface area contributed by atoms with Gasteiger partial charge in [0.15, 0.2) is 5.13 Å². The Kier molecular flexibility index (Phi) is 2.41. The number of aryl methyl sites for hydroxylation is 1. The number of hydrogen-bond acceptors (Lipinski definition) is 5. The molecule has 0 aliphatic carbocycles. The zero-order valence-corrected chi connectivity index (χ0v) is 8.80. The molecular formula is C9H10N4S. The lowest BCUT2D eigenvalue weighted by Crippen LogP contribution is -1.87. The largest absolute Gasteiger partial charge is 0.365 e. The van der Waals surface area contributed by atoms with Crippen LogP contribution in [0.25, 0.3) is 10.6 Å². The van der Waals surface area contributed by atoms with Crippen LogP contribution in [0.3, 0.4) is 0 Å². The lowest BCUT2D eigenvalue weighted by molar-refractivity contribution is 1.06. The van der Waals surface area contributed by atoms with Crippen molar-refractivity contribution in [3.05, 3.63) is 24.3 Å². The Morgan fingerprint density at radius 1 is 1.36 bits per heavy atom. The molecule has 4 nitrogen and oxygen atoms in total. The second-order valence-corrected chi connectivity index (χ2v) is 3.80. The minimum absolute atomic E-state index is 0.780. The molecule has 0 atom stereocenters. The summed E-state index contributed by atoms with van der Waals surface area (Å²) in [4.78, 5) is 13.6. The van der Waals surface area contributed by atoms with E-state index in [2.05, 4.69) is 20.3 Å². The molecule has 0 spiro atoms. The van der Waals surface area contributed by atoms with Crippen LogP contribution in [0.15, 0.2) is 18.5 Å². The first kappa shape index (κ1) is 9.08. The van der Waals surface area contributed by atoms with E-state index >= 15 is 0 Å². The van der Waals surface area contributed by atoms with Crippen LogP contribution in [-0.4, -0.2) is 22.0 Å². The van der Waals surface area contributed by atoms with E-state index < -0.39 is 0 Å². The summed E-state index contributed by atoms with van der Waals surface area (Å²) < 4.78 is 0. The Bertz CT molecular complexity index is 438. The van der Waals surface area contributed by atoms with Gasteiger partial charge in [-0.15, -0.1) is 0 Å². The SMILES string of the molecule is CNc1ncc(-c2ccnc(C)n2)s1. The van der Waals surface area contributed by atoms with Crippen molar-refractivity contribution in [3.63, 3.8) is 0 Å². The molecule has 0 amide bonds. The van der Waals surface area contributed by atoms with Crippen molar-refractivity contribution < 1.29 is 0 Å². The molecule has 0 fully saturated rings. The molecule has 2 rings (SSSR count). The molecule has 0 aliphatic rings. The third-order valence-corrected chi connectivity index (χ3v) is 2.79. The van der Waals surface area contributed by atoms with Crippen LogP contribution in [0.2, 0.25) is 0 Å². The van der Waals surface area contributed by atoms with Gasteiger partial charge >= 0.3 is 0 Å². The molecule has 0 saturated carbocycles. The van der Waals surface area contributed by atoms with Crippen molar-refractivity contribution in [1.82, 2.24) is 15.0 Å². The molecule has 72 valence electrons. The van der Waals surface area contributed by atoms with Crippen LogP contribution in [0.1, 0.15) is 5.82 Å². The van der Waals surface area contributed by atoms with Crippen LogP contribution in [0.4, 0.5) is 5.13 Å². The second-order valence-electron chi connectivity index (χ2n) is 2.77. The van der Waals surface area contributed by atoms with Crippen molar-refractivity contribution in [2.75, 3.05) is 12.4 Å². The van der Waals surface area contributed by atoms with E-state index in [4.69, 9.17) is 0 Å². The van der Waals surface area contributed by atoms with Gasteiger partial charge in [-0.3, -0.25) is 0 Å². The Balaban J connectivity index is 2.39. The standard InChI is InChI=1S/C9H10N4S/c1-6-11-4-3-7(13-6)8-5-12-9(10-2)14-8/h3-5H,1-2H3,(H,10,12). The fraction of sp³-hybridized carbons (Fsp3) is 0.222. The summed E-state index contributed by atoms with van der Waals surface area (Å²) >= 11 is 1.58. The monoisotopic (exact) mass is 206 g/mol. The zero-order valence-electron chi connectivity index (χ0n) is 7.98. The highest BCUT2D eigenvalue weighted by Gasteiger charge is 2.04. The number of aromatic nitrogens is 3. The van der Waals surface area contributed by atoms with Gasteiger partial charge in [0.2, 0.25) is 0 Å². The molecule has 0 bridgehead atoms. The summed E-state index contributed by atoms with van der Waals surface area (Å²) in [6.07, 6.45) is 3.58. The van der Waals surface area contributed by atoms with Crippen molar-refractivity contribution in [3.8, 4) is 10.6 Å². The highest BCUT2D eigenvalue weighted by atomic mass is 32.1. The first-order chi connectivity index (χ1) is 6.79. The summed E-state index contributed by atoms with van der Waals surface area (Å²) in [5.74, 6) is 0.780.